The second kappa shape index (κ2) is 6.38. The summed E-state index contributed by atoms with van der Waals surface area (Å²) in [5.41, 5.74) is 0.524. The van der Waals surface area contributed by atoms with Gasteiger partial charge in [0.2, 0.25) is 0 Å². The summed E-state index contributed by atoms with van der Waals surface area (Å²) in [4.78, 5) is 41.1. The Bertz CT molecular complexity index is 1510. The maximum atomic E-state index is 13.0. The van der Waals surface area contributed by atoms with Crippen LogP contribution in [0.3, 0.4) is 0 Å². The number of nitriles is 1. The molecule has 3 aromatic heterocycles. The lowest BCUT2D eigenvalue weighted by Gasteiger charge is -2.14. The SMILES string of the molecule is Cc1cc([N+](=O)[O-])ccc1-n1c(=O)c(C#N)cc2c(=O)n3cccc(C)c3nc21. The molecule has 0 bridgehead atoms. The molecule has 0 atom stereocenters. The van der Waals surface area contributed by atoms with Crippen molar-refractivity contribution in [1.29, 1.82) is 5.26 Å². The number of pyridine rings is 2. The fraction of sp³-hybridized carbons (Fsp3) is 0.100. The number of nitrogens with zero attached hydrogens (tertiary/aromatic N) is 5. The van der Waals surface area contributed by atoms with Crippen LogP contribution in [-0.2, 0) is 0 Å². The lowest BCUT2D eigenvalue weighted by atomic mass is 10.1. The zero-order valence-electron chi connectivity index (χ0n) is 15.4. The first-order valence-electron chi connectivity index (χ1n) is 8.56. The van der Waals surface area contributed by atoms with Gasteiger partial charge in [-0.05, 0) is 43.2 Å². The van der Waals surface area contributed by atoms with Gasteiger partial charge in [0, 0.05) is 18.3 Å². The van der Waals surface area contributed by atoms with Crippen molar-refractivity contribution in [3.63, 3.8) is 0 Å². The van der Waals surface area contributed by atoms with Crippen molar-refractivity contribution in [3.05, 3.63) is 90.1 Å². The second-order valence-corrected chi connectivity index (χ2v) is 6.58. The monoisotopic (exact) mass is 387 g/mol. The van der Waals surface area contributed by atoms with Gasteiger partial charge in [-0.1, -0.05) is 6.07 Å². The normalized spacial score (nSPS) is 10.9. The number of nitro groups is 1. The number of aromatic nitrogens is 3. The molecule has 29 heavy (non-hydrogen) atoms. The van der Waals surface area contributed by atoms with Crippen LogP contribution in [0.2, 0.25) is 0 Å². The Morgan fingerprint density at radius 3 is 2.48 bits per heavy atom. The Labute approximate surface area is 162 Å². The molecule has 3 heterocycles. The van der Waals surface area contributed by atoms with E-state index in [1.54, 1.807) is 32.2 Å². The van der Waals surface area contributed by atoms with Gasteiger partial charge in [-0.25, -0.2) is 4.98 Å². The number of non-ortho nitro benzene ring substituents is 1. The first-order chi connectivity index (χ1) is 13.8. The van der Waals surface area contributed by atoms with Crippen molar-refractivity contribution in [2.45, 2.75) is 13.8 Å². The molecule has 0 N–H and O–H groups in total. The predicted molar refractivity (Wildman–Crippen MR) is 105 cm³/mol. The zero-order valence-corrected chi connectivity index (χ0v) is 15.4. The van der Waals surface area contributed by atoms with Crippen LogP contribution in [0.5, 0.6) is 0 Å². The van der Waals surface area contributed by atoms with E-state index in [1.807, 2.05) is 6.07 Å². The van der Waals surface area contributed by atoms with Gasteiger partial charge in [0.05, 0.1) is 16.0 Å². The molecule has 9 heteroatoms. The first kappa shape index (κ1) is 18.1. The lowest BCUT2D eigenvalue weighted by Crippen LogP contribution is -2.27. The van der Waals surface area contributed by atoms with Gasteiger partial charge in [-0.3, -0.25) is 28.7 Å². The standard InChI is InChI=1S/C20H13N5O4/c1-11-4-3-7-23-17(11)22-18-15(20(23)27)9-13(10-21)19(26)24(18)16-6-5-14(25(28)29)8-12(16)2/h3-9H,1-2H3. The van der Waals surface area contributed by atoms with Crippen LogP contribution in [0.1, 0.15) is 16.7 Å². The average molecular weight is 387 g/mol. The summed E-state index contributed by atoms with van der Waals surface area (Å²) in [6, 6.07) is 10.5. The van der Waals surface area contributed by atoms with Crippen molar-refractivity contribution in [1.82, 2.24) is 14.0 Å². The molecule has 4 rings (SSSR count). The number of aryl methyl sites for hydroxylation is 2. The average Bonchev–Trinajstić information content (AvgIpc) is 2.69. The van der Waals surface area contributed by atoms with Crippen molar-refractivity contribution < 1.29 is 4.92 Å². The van der Waals surface area contributed by atoms with Crippen molar-refractivity contribution in [2.75, 3.05) is 0 Å². The Kier molecular flexibility index (Phi) is 3.98. The largest absolute Gasteiger partial charge is 0.274 e. The predicted octanol–water partition coefficient (Wildman–Crippen LogP) is 2.40. The molecule has 0 fully saturated rings. The minimum atomic E-state index is -0.651. The van der Waals surface area contributed by atoms with Gasteiger partial charge in [-0.2, -0.15) is 5.26 Å². The van der Waals surface area contributed by atoms with Crippen molar-refractivity contribution in [2.24, 2.45) is 0 Å². The summed E-state index contributed by atoms with van der Waals surface area (Å²) in [5, 5.41) is 20.5. The van der Waals surface area contributed by atoms with E-state index in [4.69, 9.17) is 0 Å². The van der Waals surface area contributed by atoms with Gasteiger partial charge in [0.15, 0.2) is 5.65 Å². The number of hydrogen-bond donors (Lipinski definition) is 0. The zero-order chi connectivity index (χ0) is 20.9. The number of hydrogen-bond acceptors (Lipinski definition) is 6. The van der Waals surface area contributed by atoms with E-state index in [2.05, 4.69) is 4.98 Å². The third kappa shape index (κ3) is 2.66. The summed E-state index contributed by atoms with van der Waals surface area (Å²) >= 11 is 0. The minimum absolute atomic E-state index is 0.0882. The highest BCUT2D eigenvalue weighted by molar-refractivity contribution is 5.80. The smallest absolute Gasteiger partial charge is 0.268 e. The highest BCUT2D eigenvalue weighted by atomic mass is 16.6. The molecule has 0 aliphatic heterocycles. The topological polar surface area (TPSA) is 123 Å². The van der Waals surface area contributed by atoms with Crippen LogP contribution in [0, 0.1) is 35.3 Å². The Hall–Kier alpha value is -4.32. The molecular formula is C20H13N5O4. The molecule has 0 unspecified atom stereocenters. The molecule has 0 saturated carbocycles. The molecule has 9 nitrogen and oxygen atoms in total. The Morgan fingerprint density at radius 1 is 1.07 bits per heavy atom. The third-order valence-corrected chi connectivity index (χ3v) is 4.75. The summed E-state index contributed by atoms with van der Waals surface area (Å²) in [6.07, 6.45) is 1.57. The van der Waals surface area contributed by atoms with E-state index in [1.165, 1.54) is 33.2 Å². The van der Waals surface area contributed by atoms with E-state index in [-0.39, 0.29) is 22.3 Å². The maximum Gasteiger partial charge on any atom is 0.274 e. The molecule has 0 spiro atoms. The summed E-state index contributed by atoms with van der Waals surface area (Å²) in [5.74, 6) is 0. The summed E-state index contributed by atoms with van der Waals surface area (Å²) in [6.45, 7) is 3.40. The first-order valence-corrected chi connectivity index (χ1v) is 8.56. The Balaban J connectivity index is 2.23. The summed E-state index contributed by atoms with van der Waals surface area (Å²) in [7, 11) is 0. The molecule has 1 aromatic carbocycles. The van der Waals surface area contributed by atoms with Crippen LogP contribution in [0.4, 0.5) is 5.69 Å². The number of rotatable bonds is 2. The molecule has 0 aliphatic rings. The molecule has 4 aromatic rings. The van der Waals surface area contributed by atoms with Gasteiger partial charge >= 0.3 is 0 Å². The lowest BCUT2D eigenvalue weighted by molar-refractivity contribution is -0.384. The van der Waals surface area contributed by atoms with Crippen LogP contribution in [0.15, 0.2) is 52.2 Å². The minimum Gasteiger partial charge on any atom is -0.268 e. The highest BCUT2D eigenvalue weighted by Crippen LogP contribution is 2.22. The van der Waals surface area contributed by atoms with E-state index in [0.29, 0.717) is 16.9 Å². The van der Waals surface area contributed by atoms with Gasteiger partial charge < -0.3 is 0 Å². The van der Waals surface area contributed by atoms with Crippen LogP contribution in [0.25, 0.3) is 22.4 Å². The van der Waals surface area contributed by atoms with Crippen LogP contribution >= 0.6 is 0 Å². The highest BCUT2D eigenvalue weighted by Gasteiger charge is 2.19. The van der Waals surface area contributed by atoms with E-state index < -0.39 is 16.0 Å². The van der Waals surface area contributed by atoms with Gasteiger partial charge in [0.25, 0.3) is 16.8 Å². The molecule has 0 saturated heterocycles. The molecule has 0 aliphatic carbocycles. The van der Waals surface area contributed by atoms with E-state index >= 15 is 0 Å². The second-order valence-electron chi connectivity index (χ2n) is 6.58. The van der Waals surface area contributed by atoms with Crippen LogP contribution in [-0.4, -0.2) is 18.9 Å². The van der Waals surface area contributed by atoms with Crippen molar-refractivity contribution >= 4 is 22.4 Å². The Morgan fingerprint density at radius 2 is 1.83 bits per heavy atom. The fourth-order valence-corrected chi connectivity index (χ4v) is 3.33. The summed E-state index contributed by atoms with van der Waals surface area (Å²) < 4.78 is 2.52. The van der Waals surface area contributed by atoms with E-state index in [0.717, 1.165) is 5.56 Å². The molecule has 142 valence electrons. The number of nitro benzene ring substituents is 1. The maximum absolute atomic E-state index is 13.0. The molecular weight excluding hydrogens is 374 g/mol. The molecule has 0 radical (unpaired) electrons. The fourth-order valence-electron chi connectivity index (χ4n) is 3.33. The number of fused-ring (bicyclic) bond motifs is 2. The molecule has 0 amide bonds. The van der Waals surface area contributed by atoms with Crippen molar-refractivity contribution in [3.8, 4) is 11.8 Å². The quantitative estimate of drug-likeness (QED) is 0.296. The van der Waals surface area contributed by atoms with Crippen LogP contribution < -0.4 is 11.1 Å². The number of benzene rings is 1. The van der Waals surface area contributed by atoms with Gasteiger partial charge in [-0.15, -0.1) is 0 Å². The van der Waals surface area contributed by atoms with E-state index in [9.17, 15) is 25.0 Å². The van der Waals surface area contributed by atoms with Gasteiger partial charge in [0.1, 0.15) is 17.3 Å². The third-order valence-electron chi connectivity index (χ3n) is 4.75.